The molecule has 2 rings (SSSR count). The van der Waals surface area contributed by atoms with Crippen molar-refractivity contribution in [3.63, 3.8) is 0 Å². The van der Waals surface area contributed by atoms with Crippen LogP contribution in [0.5, 0.6) is 5.75 Å². The Morgan fingerprint density at radius 3 is 2.55 bits per heavy atom. The van der Waals surface area contributed by atoms with Crippen molar-refractivity contribution in [3.8, 4) is 5.75 Å². The minimum absolute atomic E-state index is 0.0796. The number of nitrogens with one attached hydrogen (secondary N) is 1. The summed E-state index contributed by atoms with van der Waals surface area (Å²) < 4.78 is 19.0. The molecular weight excluding hydrogens is 305 g/mol. The van der Waals surface area contributed by atoms with Gasteiger partial charge in [-0.25, -0.2) is 4.39 Å². The fourth-order valence-corrected chi connectivity index (χ4v) is 2.05. The molecule has 0 aromatic heterocycles. The van der Waals surface area contributed by atoms with Crippen LogP contribution in [-0.2, 0) is 11.3 Å². The van der Waals surface area contributed by atoms with E-state index in [1.807, 2.05) is 19.1 Å². The monoisotopic (exact) mass is 321 g/mol. The van der Waals surface area contributed by atoms with Crippen LogP contribution >= 0.6 is 11.6 Å². The van der Waals surface area contributed by atoms with E-state index in [0.717, 1.165) is 5.56 Å². The molecule has 5 heteroatoms. The fraction of sp³-hybridized carbons (Fsp3) is 0.235. The number of carbonyl (C=O) groups is 1. The van der Waals surface area contributed by atoms with Gasteiger partial charge in [0.15, 0.2) is 17.7 Å². The Balaban J connectivity index is 1.94. The predicted molar refractivity (Wildman–Crippen MR) is 84.4 cm³/mol. The maximum atomic E-state index is 13.6. The normalized spacial score (nSPS) is 11.8. The Morgan fingerprint density at radius 2 is 1.91 bits per heavy atom. The summed E-state index contributed by atoms with van der Waals surface area (Å²) in [4.78, 5) is 12.1. The summed E-state index contributed by atoms with van der Waals surface area (Å²) in [5.74, 6) is -0.678. The summed E-state index contributed by atoms with van der Waals surface area (Å²) >= 11 is 5.81. The van der Waals surface area contributed by atoms with E-state index in [-0.39, 0.29) is 11.7 Å². The van der Waals surface area contributed by atoms with Crippen LogP contribution in [0.25, 0.3) is 0 Å². The first-order valence-corrected chi connectivity index (χ1v) is 7.41. The quantitative estimate of drug-likeness (QED) is 0.874. The van der Waals surface area contributed by atoms with Gasteiger partial charge in [0.2, 0.25) is 0 Å². The van der Waals surface area contributed by atoms with Crippen LogP contribution in [0.2, 0.25) is 5.02 Å². The summed E-state index contributed by atoms with van der Waals surface area (Å²) in [5, 5.41) is 3.42. The molecule has 0 bridgehead atoms. The third kappa shape index (κ3) is 4.46. The lowest BCUT2D eigenvalue weighted by Crippen LogP contribution is -2.37. The minimum Gasteiger partial charge on any atom is -0.478 e. The Hall–Kier alpha value is -2.07. The van der Waals surface area contributed by atoms with Crippen LogP contribution in [-0.4, -0.2) is 12.0 Å². The highest BCUT2D eigenvalue weighted by Crippen LogP contribution is 2.18. The Kier molecular flexibility index (Phi) is 5.78. The van der Waals surface area contributed by atoms with Crippen LogP contribution in [0.1, 0.15) is 18.9 Å². The summed E-state index contributed by atoms with van der Waals surface area (Å²) in [7, 11) is 0. The highest BCUT2D eigenvalue weighted by molar-refractivity contribution is 6.30. The maximum absolute atomic E-state index is 13.6. The Bertz CT molecular complexity index is 631. The number of hydrogen-bond acceptors (Lipinski definition) is 2. The zero-order valence-corrected chi connectivity index (χ0v) is 12.9. The predicted octanol–water partition coefficient (Wildman–Crippen LogP) is 3.95. The zero-order valence-electron chi connectivity index (χ0n) is 12.2. The first-order valence-electron chi connectivity index (χ1n) is 7.03. The van der Waals surface area contributed by atoms with Gasteiger partial charge < -0.3 is 10.1 Å². The highest BCUT2D eigenvalue weighted by atomic mass is 35.5. The van der Waals surface area contributed by atoms with Crippen LogP contribution in [0.15, 0.2) is 48.5 Å². The first kappa shape index (κ1) is 16.3. The average molecular weight is 322 g/mol. The lowest BCUT2D eigenvalue weighted by Gasteiger charge is -2.17. The number of hydrogen-bond donors (Lipinski definition) is 1. The molecule has 0 aliphatic rings. The molecule has 0 spiro atoms. The van der Waals surface area contributed by atoms with Crippen molar-refractivity contribution in [1.29, 1.82) is 0 Å². The van der Waals surface area contributed by atoms with Crippen molar-refractivity contribution in [2.45, 2.75) is 26.0 Å². The van der Waals surface area contributed by atoms with Gasteiger partial charge in [0.05, 0.1) is 0 Å². The molecule has 1 amide bonds. The molecule has 116 valence electrons. The molecule has 1 N–H and O–H groups in total. The zero-order chi connectivity index (χ0) is 15.9. The number of halogens is 2. The van der Waals surface area contributed by atoms with Gasteiger partial charge in [-0.2, -0.15) is 0 Å². The standard InChI is InChI=1S/C17H17ClFNO2/c1-2-15(22-16-6-4-3-5-14(16)19)17(21)20-11-12-7-9-13(18)10-8-12/h3-10,15H,2,11H2,1H3,(H,20,21)/t15-/m1/s1. The molecule has 0 heterocycles. The molecular formula is C17H17ClFNO2. The largest absolute Gasteiger partial charge is 0.478 e. The van der Waals surface area contributed by atoms with Gasteiger partial charge in [0, 0.05) is 11.6 Å². The van der Waals surface area contributed by atoms with Gasteiger partial charge in [-0.15, -0.1) is 0 Å². The second-order valence-electron chi connectivity index (χ2n) is 4.79. The van der Waals surface area contributed by atoms with Crippen molar-refractivity contribution >= 4 is 17.5 Å². The third-order valence-corrected chi connectivity index (χ3v) is 3.40. The topological polar surface area (TPSA) is 38.3 Å². The van der Waals surface area contributed by atoms with Crippen molar-refractivity contribution in [3.05, 3.63) is 64.9 Å². The van der Waals surface area contributed by atoms with Gasteiger partial charge in [-0.1, -0.05) is 42.8 Å². The number of amides is 1. The van der Waals surface area contributed by atoms with E-state index in [9.17, 15) is 9.18 Å². The molecule has 0 fully saturated rings. The van der Waals surface area contributed by atoms with Crippen LogP contribution in [0, 0.1) is 5.82 Å². The molecule has 3 nitrogen and oxygen atoms in total. The SMILES string of the molecule is CC[C@@H](Oc1ccccc1F)C(=O)NCc1ccc(Cl)cc1. The summed E-state index contributed by atoms with van der Waals surface area (Å²) in [6.45, 7) is 2.18. The summed E-state index contributed by atoms with van der Waals surface area (Å²) in [6.07, 6.45) is -0.287. The molecule has 0 aliphatic carbocycles. The van der Waals surface area contributed by atoms with Crippen LogP contribution < -0.4 is 10.1 Å². The van der Waals surface area contributed by atoms with Crippen LogP contribution in [0.3, 0.4) is 0 Å². The van der Waals surface area contributed by atoms with Gasteiger partial charge in [-0.3, -0.25) is 4.79 Å². The molecule has 1 atom stereocenters. The van der Waals surface area contributed by atoms with E-state index < -0.39 is 11.9 Å². The highest BCUT2D eigenvalue weighted by Gasteiger charge is 2.19. The summed E-state index contributed by atoms with van der Waals surface area (Å²) in [6, 6.07) is 13.2. The smallest absolute Gasteiger partial charge is 0.261 e. The van der Waals surface area contributed by atoms with Crippen molar-refractivity contribution in [2.24, 2.45) is 0 Å². The maximum Gasteiger partial charge on any atom is 0.261 e. The first-order chi connectivity index (χ1) is 10.6. The molecule has 0 saturated heterocycles. The molecule has 0 unspecified atom stereocenters. The minimum atomic E-state index is -0.732. The Labute approximate surface area is 134 Å². The number of ether oxygens (including phenoxy) is 1. The number of carbonyl (C=O) groups excluding carboxylic acids is 1. The van der Waals surface area contributed by atoms with E-state index in [4.69, 9.17) is 16.3 Å². The van der Waals surface area contributed by atoms with Gasteiger partial charge in [-0.05, 0) is 36.2 Å². The number of benzene rings is 2. The fourth-order valence-electron chi connectivity index (χ4n) is 1.92. The lowest BCUT2D eigenvalue weighted by atomic mass is 10.2. The van der Waals surface area contributed by atoms with Crippen molar-refractivity contribution in [2.75, 3.05) is 0 Å². The van der Waals surface area contributed by atoms with Crippen LogP contribution in [0.4, 0.5) is 4.39 Å². The average Bonchev–Trinajstić information content (AvgIpc) is 2.53. The van der Waals surface area contributed by atoms with E-state index in [2.05, 4.69) is 5.32 Å². The molecule has 22 heavy (non-hydrogen) atoms. The van der Waals surface area contributed by atoms with Crippen molar-refractivity contribution in [1.82, 2.24) is 5.32 Å². The van der Waals surface area contributed by atoms with E-state index in [1.165, 1.54) is 12.1 Å². The third-order valence-electron chi connectivity index (χ3n) is 3.15. The number of para-hydroxylation sites is 1. The van der Waals surface area contributed by atoms with Gasteiger partial charge >= 0.3 is 0 Å². The second kappa shape index (κ2) is 7.80. The van der Waals surface area contributed by atoms with Gasteiger partial charge in [0.1, 0.15) is 0 Å². The van der Waals surface area contributed by atoms with Crippen molar-refractivity contribution < 1.29 is 13.9 Å². The molecule has 2 aromatic rings. The second-order valence-corrected chi connectivity index (χ2v) is 5.23. The molecule has 0 radical (unpaired) electrons. The van der Waals surface area contributed by atoms with E-state index >= 15 is 0 Å². The molecule has 2 aromatic carbocycles. The summed E-state index contributed by atoms with van der Waals surface area (Å²) in [5.41, 5.74) is 0.929. The number of rotatable bonds is 6. The van der Waals surface area contributed by atoms with Gasteiger partial charge in [0.25, 0.3) is 5.91 Å². The van der Waals surface area contributed by atoms with E-state index in [0.29, 0.717) is 18.0 Å². The van der Waals surface area contributed by atoms with E-state index in [1.54, 1.807) is 24.3 Å². The molecule has 0 saturated carbocycles. The molecule has 0 aliphatic heterocycles. The lowest BCUT2D eigenvalue weighted by molar-refractivity contribution is -0.128. The Morgan fingerprint density at radius 1 is 1.23 bits per heavy atom.